The van der Waals surface area contributed by atoms with Crippen molar-refractivity contribution in [1.29, 1.82) is 0 Å². The van der Waals surface area contributed by atoms with E-state index in [0.29, 0.717) is 5.56 Å². The van der Waals surface area contributed by atoms with Gasteiger partial charge in [-0.15, -0.1) is 0 Å². The van der Waals surface area contributed by atoms with E-state index in [2.05, 4.69) is 10.0 Å². The van der Waals surface area contributed by atoms with Crippen molar-refractivity contribution < 1.29 is 13.8 Å². The predicted octanol–water partition coefficient (Wildman–Crippen LogP) is 2.80. The zero-order chi connectivity index (χ0) is 9.68. The van der Waals surface area contributed by atoms with Crippen LogP contribution in [0.25, 0.3) is 10.4 Å². The smallest absolute Gasteiger partial charge is 0.165 e. The molecular formula is C8H9F2N3O. The first-order chi connectivity index (χ1) is 6.27. The van der Waals surface area contributed by atoms with Gasteiger partial charge in [-0.3, -0.25) is 4.70 Å². The third-order valence-corrected chi connectivity index (χ3v) is 1.53. The van der Waals surface area contributed by atoms with E-state index in [4.69, 9.17) is 10.3 Å². The third kappa shape index (κ3) is 2.91. The van der Waals surface area contributed by atoms with Crippen LogP contribution in [0.2, 0.25) is 0 Å². The van der Waals surface area contributed by atoms with Gasteiger partial charge in [0.1, 0.15) is 0 Å². The average Bonchev–Trinajstić information content (AvgIpc) is 2.15. The number of hydrogen-bond acceptors (Lipinski definition) is 2. The Morgan fingerprint density at radius 2 is 2.29 bits per heavy atom. The minimum atomic E-state index is -0.451. The lowest BCUT2D eigenvalue weighted by Gasteiger charge is -2.02. The van der Waals surface area contributed by atoms with Gasteiger partial charge in [-0.2, -0.15) is 0 Å². The molecule has 0 saturated heterocycles. The largest absolute Gasteiger partial charge is 0.494 e. The van der Waals surface area contributed by atoms with Gasteiger partial charge in [0, 0.05) is 4.91 Å². The van der Waals surface area contributed by atoms with Crippen LogP contribution >= 0.6 is 0 Å². The van der Waals surface area contributed by atoms with E-state index in [9.17, 15) is 4.39 Å². The van der Waals surface area contributed by atoms with Crippen LogP contribution in [0, 0.1) is 5.82 Å². The third-order valence-electron chi connectivity index (χ3n) is 1.53. The molecule has 0 atom stereocenters. The van der Waals surface area contributed by atoms with Gasteiger partial charge in [0.15, 0.2) is 11.6 Å². The highest BCUT2D eigenvalue weighted by Gasteiger charge is 2.01. The molecule has 0 aromatic heterocycles. The molecule has 0 unspecified atom stereocenters. The van der Waals surface area contributed by atoms with Gasteiger partial charge in [-0.1, -0.05) is 11.2 Å². The first-order valence-corrected chi connectivity index (χ1v) is 3.61. The Hall–Kier alpha value is -1.81. The molecule has 1 rings (SSSR count). The maximum atomic E-state index is 13.0. The predicted molar refractivity (Wildman–Crippen MR) is 48.3 cm³/mol. The maximum Gasteiger partial charge on any atom is 0.165 e. The van der Waals surface area contributed by atoms with Crippen molar-refractivity contribution in [2.75, 3.05) is 7.11 Å². The Balaban J connectivity index is 0.00000169. The quantitative estimate of drug-likeness (QED) is 0.421. The van der Waals surface area contributed by atoms with Gasteiger partial charge < -0.3 is 4.74 Å². The molecule has 0 aliphatic rings. The number of methoxy groups -OCH3 is 1. The highest BCUT2D eigenvalue weighted by atomic mass is 19.1. The summed E-state index contributed by atoms with van der Waals surface area (Å²) >= 11 is 0. The fourth-order valence-electron chi connectivity index (χ4n) is 0.922. The summed E-state index contributed by atoms with van der Waals surface area (Å²) in [6.07, 6.45) is 0. The van der Waals surface area contributed by atoms with E-state index in [0.717, 1.165) is 0 Å². The summed E-state index contributed by atoms with van der Waals surface area (Å²) in [6.45, 7) is 0.150. The van der Waals surface area contributed by atoms with Crippen LogP contribution in [0.4, 0.5) is 9.09 Å². The SMILES string of the molecule is COc1ccc(CN=[N+]=[N-])cc1F.F. The van der Waals surface area contributed by atoms with Gasteiger partial charge in [0.25, 0.3) is 0 Å². The van der Waals surface area contributed by atoms with E-state index in [-0.39, 0.29) is 17.0 Å². The molecule has 0 fully saturated rings. The molecule has 0 saturated carbocycles. The first-order valence-electron chi connectivity index (χ1n) is 3.61. The Labute approximate surface area is 79.3 Å². The Bertz CT molecular complexity index is 350. The molecular weight excluding hydrogens is 192 g/mol. The van der Waals surface area contributed by atoms with Crippen LogP contribution < -0.4 is 4.74 Å². The first kappa shape index (κ1) is 12.2. The van der Waals surface area contributed by atoms with Crippen LogP contribution in [-0.2, 0) is 6.54 Å². The Morgan fingerprint density at radius 3 is 2.79 bits per heavy atom. The Kier molecular flexibility index (Phi) is 5.02. The van der Waals surface area contributed by atoms with Crippen LogP contribution in [0.1, 0.15) is 5.56 Å². The maximum absolute atomic E-state index is 13.0. The van der Waals surface area contributed by atoms with Crippen molar-refractivity contribution in [1.82, 2.24) is 0 Å². The van der Waals surface area contributed by atoms with E-state index >= 15 is 0 Å². The molecule has 4 nitrogen and oxygen atoms in total. The van der Waals surface area contributed by atoms with Crippen molar-refractivity contribution in [3.05, 3.63) is 40.0 Å². The molecule has 0 radical (unpaired) electrons. The van der Waals surface area contributed by atoms with Crippen LogP contribution in [0.3, 0.4) is 0 Å². The summed E-state index contributed by atoms with van der Waals surface area (Å²) in [6, 6.07) is 4.43. The van der Waals surface area contributed by atoms with Crippen molar-refractivity contribution >= 4 is 0 Å². The van der Waals surface area contributed by atoms with E-state index < -0.39 is 5.82 Å². The summed E-state index contributed by atoms with van der Waals surface area (Å²) in [7, 11) is 1.39. The summed E-state index contributed by atoms with van der Waals surface area (Å²) in [5, 5.41) is 3.31. The Morgan fingerprint density at radius 1 is 1.57 bits per heavy atom. The normalized spacial score (nSPS) is 8.43. The van der Waals surface area contributed by atoms with Gasteiger partial charge >= 0.3 is 0 Å². The van der Waals surface area contributed by atoms with Gasteiger partial charge in [0.2, 0.25) is 0 Å². The zero-order valence-corrected chi connectivity index (χ0v) is 7.48. The fraction of sp³-hybridized carbons (Fsp3) is 0.250. The molecule has 1 aromatic carbocycles. The summed E-state index contributed by atoms with van der Waals surface area (Å²) in [4.78, 5) is 2.57. The summed E-state index contributed by atoms with van der Waals surface area (Å²) in [5.74, 6) is -0.266. The van der Waals surface area contributed by atoms with Gasteiger partial charge in [-0.25, -0.2) is 4.39 Å². The second-order valence-electron chi connectivity index (χ2n) is 2.36. The molecule has 0 spiro atoms. The van der Waals surface area contributed by atoms with E-state index in [1.807, 2.05) is 0 Å². The van der Waals surface area contributed by atoms with Crippen LogP contribution in [0.5, 0.6) is 5.75 Å². The molecule has 14 heavy (non-hydrogen) atoms. The number of azide groups is 1. The molecule has 76 valence electrons. The molecule has 0 bridgehead atoms. The van der Waals surface area contributed by atoms with Crippen LogP contribution in [-0.4, -0.2) is 7.11 Å². The zero-order valence-electron chi connectivity index (χ0n) is 7.48. The fourth-order valence-corrected chi connectivity index (χ4v) is 0.922. The molecule has 0 N–H and O–H groups in total. The number of halogens is 2. The minimum absolute atomic E-state index is 0. The number of hydrogen-bond donors (Lipinski definition) is 0. The summed E-state index contributed by atoms with van der Waals surface area (Å²) in [5.41, 5.74) is 8.66. The standard InChI is InChI=1S/C8H8FN3O.FH/c1-13-8-3-2-6(4-7(8)9)5-11-12-10;/h2-4H,5H2,1H3;1H. The number of rotatable bonds is 3. The molecule has 0 amide bonds. The van der Waals surface area contributed by atoms with Crippen LogP contribution in [0.15, 0.2) is 23.3 Å². The second-order valence-corrected chi connectivity index (χ2v) is 2.36. The molecule has 1 aromatic rings. The minimum Gasteiger partial charge on any atom is -0.494 e. The second kappa shape index (κ2) is 5.77. The van der Waals surface area contributed by atoms with Gasteiger partial charge in [-0.05, 0) is 23.2 Å². The van der Waals surface area contributed by atoms with Gasteiger partial charge in [0.05, 0.1) is 13.7 Å². The van der Waals surface area contributed by atoms with Crippen molar-refractivity contribution in [2.24, 2.45) is 5.11 Å². The average molecular weight is 201 g/mol. The van der Waals surface area contributed by atoms with Crippen molar-refractivity contribution in [3.63, 3.8) is 0 Å². The molecule has 6 heteroatoms. The lowest BCUT2D eigenvalue weighted by Crippen LogP contribution is -1.89. The highest BCUT2D eigenvalue weighted by Crippen LogP contribution is 2.17. The number of nitrogens with zero attached hydrogens (tertiary/aromatic N) is 3. The summed E-state index contributed by atoms with van der Waals surface area (Å²) < 4.78 is 17.7. The number of benzene rings is 1. The molecule has 0 aliphatic carbocycles. The topological polar surface area (TPSA) is 58.0 Å². The number of ether oxygens (including phenoxy) is 1. The lowest BCUT2D eigenvalue weighted by atomic mass is 10.2. The highest BCUT2D eigenvalue weighted by molar-refractivity contribution is 5.29. The molecule has 0 heterocycles. The van der Waals surface area contributed by atoms with Crippen molar-refractivity contribution in [2.45, 2.75) is 6.54 Å². The molecule has 0 aliphatic heterocycles. The monoisotopic (exact) mass is 201 g/mol. The lowest BCUT2D eigenvalue weighted by molar-refractivity contribution is 0.386. The van der Waals surface area contributed by atoms with E-state index in [1.165, 1.54) is 19.2 Å². The van der Waals surface area contributed by atoms with E-state index in [1.54, 1.807) is 6.07 Å². The van der Waals surface area contributed by atoms with Crippen molar-refractivity contribution in [3.8, 4) is 5.75 Å².